The number of phenols is 1. The van der Waals surface area contributed by atoms with Gasteiger partial charge in [-0.2, -0.15) is 0 Å². The summed E-state index contributed by atoms with van der Waals surface area (Å²) < 4.78 is 2.33. The van der Waals surface area contributed by atoms with Gasteiger partial charge < -0.3 is 20.3 Å². The number of imidazole rings is 1. The molecule has 0 fully saturated rings. The number of rotatable bonds is 12. The van der Waals surface area contributed by atoms with Crippen molar-refractivity contribution in [2.45, 2.75) is 72.0 Å². The molecule has 0 radical (unpaired) electrons. The molecule has 2 aromatic heterocycles. The summed E-state index contributed by atoms with van der Waals surface area (Å²) in [5.41, 5.74) is 3.08. The number of hydrogen-bond acceptors (Lipinski definition) is 5. The van der Waals surface area contributed by atoms with Crippen LogP contribution in [0.3, 0.4) is 0 Å². The van der Waals surface area contributed by atoms with E-state index >= 15 is 0 Å². The number of nitrogens with zero attached hydrogens (tertiary/aromatic N) is 2. The molecule has 2 aromatic carbocycles. The van der Waals surface area contributed by atoms with Crippen molar-refractivity contribution < 1.29 is 14.7 Å². The number of hydrogen-bond donors (Lipinski definition) is 3. The van der Waals surface area contributed by atoms with Gasteiger partial charge in [0.05, 0.1) is 11.0 Å². The Bertz CT molecular complexity index is 1410. The van der Waals surface area contributed by atoms with Gasteiger partial charge >= 0.3 is 0 Å². The molecule has 0 bridgehead atoms. The van der Waals surface area contributed by atoms with E-state index in [2.05, 4.69) is 46.6 Å². The molecule has 1 atom stereocenters. The topological polar surface area (TPSA) is 96.2 Å². The first-order chi connectivity index (χ1) is 18.8. The SMILES string of the molecule is CCC(CC)n1c(Cc2cccs2)nc2cc(C(=O)N[C@@H](CC(C)C)C(=O)NCc3cccc(O)c3)ccc21. The van der Waals surface area contributed by atoms with E-state index < -0.39 is 6.04 Å². The van der Waals surface area contributed by atoms with Crippen LogP contribution in [0.5, 0.6) is 5.75 Å². The van der Waals surface area contributed by atoms with Crippen LogP contribution in [0.2, 0.25) is 0 Å². The molecular weight excluding hydrogens is 508 g/mol. The summed E-state index contributed by atoms with van der Waals surface area (Å²) in [6.45, 7) is 8.69. The summed E-state index contributed by atoms with van der Waals surface area (Å²) in [5.74, 6) is 0.807. The summed E-state index contributed by atoms with van der Waals surface area (Å²) in [4.78, 5) is 32.6. The van der Waals surface area contributed by atoms with Crippen molar-refractivity contribution >= 4 is 34.2 Å². The smallest absolute Gasteiger partial charge is 0.252 e. The molecule has 0 unspecified atom stereocenters. The van der Waals surface area contributed by atoms with Gasteiger partial charge in [0, 0.05) is 29.4 Å². The fourth-order valence-corrected chi connectivity index (χ4v) is 5.67. The molecule has 4 rings (SSSR count). The van der Waals surface area contributed by atoms with Crippen molar-refractivity contribution in [2.75, 3.05) is 0 Å². The molecule has 2 heterocycles. The number of nitrogens with one attached hydrogen (secondary N) is 2. The molecule has 0 aliphatic rings. The van der Waals surface area contributed by atoms with Crippen molar-refractivity contribution in [1.29, 1.82) is 0 Å². The van der Waals surface area contributed by atoms with Crippen LogP contribution in [0.25, 0.3) is 11.0 Å². The number of carbonyl (C=O) groups excluding carboxylic acids is 2. The zero-order valence-electron chi connectivity index (χ0n) is 23.1. The van der Waals surface area contributed by atoms with Gasteiger partial charge in [0.25, 0.3) is 5.91 Å². The van der Waals surface area contributed by atoms with E-state index in [1.165, 1.54) is 4.88 Å². The van der Waals surface area contributed by atoms with Crippen LogP contribution in [0.15, 0.2) is 60.0 Å². The van der Waals surface area contributed by atoms with E-state index in [0.29, 0.717) is 18.0 Å². The maximum atomic E-state index is 13.3. The number of phenolic OH excluding ortho intramolecular Hbond substituents is 1. The molecule has 2 amide bonds. The molecule has 0 spiro atoms. The first-order valence-electron chi connectivity index (χ1n) is 13.7. The van der Waals surface area contributed by atoms with E-state index in [-0.39, 0.29) is 30.0 Å². The largest absolute Gasteiger partial charge is 0.508 e. The second kappa shape index (κ2) is 12.9. The highest BCUT2D eigenvalue weighted by molar-refractivity contribution is 7.09. The average molecular weight is 547 g/mol. The van der Waals surface area contributed by atoms with Crippen LogP contribution in [-0.2, 0) is 17.8 Å². The Morgan fingerprint density at radius 2 is 1.85 bits per heavy atom. The molecule has 0 saturated heterocycles. The van der Waals surface area contributed by atoms with Crippen LogP contribution < -0.4 is 10.6 Å². The first-order valence-corrected chi connectivity index (χ1v) is 14.6. The van der Waals surface area contributed by atoms with Crippen LogP contribution in [0.1, 0.15) is 79.6 Å². The normalized spacial score (nSPS) is 12.3. The number of aromatic nitrogens is 2. The van der Waals surface area contributed by atoms with Gasteiger partial charge in [0.1, 0.15) is 17.6 Å². The Balaban J connectivity index is 1.55. The molecule has 0 aliphatic heterocycles. The van der Waals surface area contributed by atoms with Crippen LogP contribution in [0, 0.1) is 5.92 Å². The Morgan fingerprint density at radius 1 is 1.05 bits per heavy atom. The van der Waals surface area contributed by atoms with E-state index in [1.54, 1.807) is 29.5 Å². The minimum absolute atomic E-state index is 0.148. The summed E-state index contributed by atoms with van der Waals surface area (Å²) in [5, 5.41) is 17.6. The monoisotopic (exact) mass is 546 g/mol. The van der Waals surface area contributed by atoms with Gasteiger partial charge in [-0.15, -0.1) is 11.3 Å². The van der Waals surface area contributed by atoms with Crippen molar-refractivity contribution in [2.24, 2.45) is 5.92 Å². The minimum Gasteiger partial charge on any atom is -0.508 e. The molecule has 7 nitrogen and oxygen atoms in total. The predicted molar refractivity (Wildman–Crippen MR) is 157 cm³/mol. The van der Waals surface area contributed by atoms with Crippen molar-refractivity contribution in [3.05, 3.63) is 81.8 Å². The summed E-state index contributed by atoms with van der Waals surface area (Å²) in [7, 11) is 0. The van der Waals surface area contributed by atoms with Crippen LogP contribution >= 0.6 is 11.3 Å². The number of fused-ring (bicyclic) bond motifs is 1. The highest BCUT2D eigenvalue weighted by atomic mass is 32.1. The Labute approximate surface area is 234 Å². The molecule has 0 aliphatic carbocycles. The summed E-state index contributed by atoms with van der Waals surface area (Å²) in [6.07, 6.45) is 3.25. The maximum absolute atomic E-state index is 13.3. The van der Waals surface area contributed by atoms with Gasteiger partial charge in [-0.1, -0.05) is 45.9 Å². The number of amides is 2. The lowest BCUT2D eigenvalue weighted by Crippen LogP contribution is -2.47. The van der Waals surface area contributed by atoms with E-state index in [9.17, 15) is 14.7 Å². The van der Waals surface area contributed by atoms with E-state index in [0.717, 1.165) is 41.7 Å². The molecule has 39 heavy (non-hydrogen) atoms. The number of aromatic hydroxyl groups is 1. The zero-order chi connectivity index (χ0) is 27.9. The summed E-state index contributed by atoms with van der Waals surface area (Å²) >= 11 is 1.72. The lowest BCUT2D eigenvalue weighted by molar-refractivity contribution is -0.123. The lowest BCUT2D eigenvalue weighted by Gasteiger charge is -2.20. The van der Waals surface area contributed by atoms with Gasteiger partial charge in [-0.25, -0.2) is 4.98 Å². The van der Waals surface area contributed by atoms with Crippen molar-refractivity contribution in [1.82, 2.24) is 20.2 Å². The first kappa shape index (κ1) is 28.4. The molecule has 206 valence electrons. The van der Waals surface area contributed by atoms with Crippen molar-refractivity contribution in [3.8, 4) is 5.75 Å². The van der Waals surface area contributed by atoms with Crippen LogP contribution in [0.4, 0.5) is 0 Å². The third-order valence-corrected chi connectivity index (χ3v) is 7.83. The lowest BCUT2D eigenvalue weighted by atomic mass is 10.0. The maximum Gasteiger partial charge on any atom is 0.252 e. The van der Waals surface area contributed by atoms with Crippen LogP contribution in [-0.4, -0.2) is 32.5 Å². The molecular formula is C31H38N4O3S. The molecule has 8 heteroatoms. The zero-order valence-corrected chi connectivity index (χ0v) is 23.9. The van der Waals surface area contributed by atoms with Gasteiger partial charge in [-0.05, 0) is 72.5 Å². The molecule has 3 N–H and O–H groups in total. The van der Waals surface area contributed by atoms with Crippen molar-refractivity contribution in [3.63, 3.8) is 0 Å². The van der Waals surface area contributed by atoms with Gasteiger partial charge in [0.2, 0.25) is 5.91 Å². The number of benzene rings is 2. The quantitative estimate of drug-likeness (QED) is 0.197. The third-order valence-electron chi connectivity index (χ3n) is 6.95. The highest BCUT2D eigenvalue weighted by Crippen LogP contribution is 2.28. The predicted octanol–water partition coefficient (Wildman–Crippen LogP) is 6.22. The number of thiophene rings is 1. The standard InChI is InChI=1S/C31H38N4O3S/c1-5-23(6-2)35-28-13-12-22(17-26(28)33-29(35)18-25-11-8-14-39-25)30(37)34-27(15-20(3)4)31(38)32-19-21-9-7-10-24(36)16-21/h7-14,16-17,20,23,27,36H,5-6,15,18-19H2,1-4H3,(H,32,38)(H,34,37)/t27-/m0/s1. The average Bonchev–Trinajstić information content (AvgIpc) is 3.55. The van der Waals surface area contributed by atoms with E-state index in [1.807, 2.05) is 38.1 Å². The number of carbonyl (C=O) groups is 2. The third kappa shape index (κ3) is 7.06. The Hall–Kier alpha value is -3.65. The molecule has 0 saturated carbocycles. The fourth-order valence-electron chi connectivity index (χ4n) is 4.97. The fraction of sp³-hybridized carbons (Fsp3) is 0.387. The van der Waals surface area contributed by atoms with Gasteiger partial charge in [-0.3, -0.25) is 9.59 Å². The highest BCUT2D eigenvalue weighted by Gasteiger charge is 2.24. The minimum atomic E-state index is -0.679. The Morgan fingerprint density at radius 3 is 2.51 bits per heavy atom. The van der Waals surface area contributed by atoms with Gasteiger partial charge in [0.15, 0.2) is 0 Å². The molecule has 4 aromatic rings. The second-order valence-electron chi connectivity index (χ2n) is 10.4. The second-order valence-corrected chi connectivity index (χ2v) is 11.4. The van der Waals surface area contributed by atoms with E-state index in [4.69, 9.17) is 4.98 Å². The Kier molecular flexibility index (Phi) is 9.41. The summed E-state index contributed by atoms with van der Waals surface area (Å²) in [6, 6.07) is 16.2.